The second-order valence-electron chi connectivity index (χ2n) is 7.78. The van der Waals surface area contributed by atoms with E-state index in [1.807, 2.05) is 11.1 Å². The number of hydrogen-bond donors (Lipinski definition) is 0. The standard InChI is InChI=1S/C19H26N6O/c26-19-5-3-8-24(19)17-11-21-25(13-17)16-6-9-22(12-16)14-18-20-10-15-4-1-2-7-23(15)18/h10-11,13,16H,1-9,12,14H2. The van der Waals surface area contributed by atoms with Gasteiger partial charge < -0.3 is 9.47 Å². The second-order valence-corrected chi connectivity index (χ2v) is 7.78. The normalized spacial score (nSPS) is 23.8. The van der Waals surface area contributed by atoms with Crippen LogP contribution in [0.5, 0.6) is 0 Å². The molecule has 5 heterocycles. The van der Waals surface area contributed by atoms with Gasteiger partial charge in [0.15, 0.2) is 0 Å². The van der Waals surface area contributed by atoms with E-state index in [2.05, 4.69) is 36.6 Å². The molecule has 5 rings (SSSR count). The molecule has 7 nitrogen and oxygen atoms in total. The Labute approximate surface area is 153 Å². The van der Waals surface area contributed by atoms with Crippen molar-refractivity contribution in [1.29, 1.82) is 0 Å². The van der Waals surface area contributed by atoms with E-state index >= 15 is 0 Å². The minimum atomic E-state index is 0.224. The molecule has 2 saturated heterocycles. The van der Waals surface area contributed by atoms with Crippen LogP contribution in [0.4, 0.5) is 5.69 Å². The first-order valence-corrected chi connectivity index (χ1v) is 9.88. The van der Waals surface area contributed by atoms with Crippen LogP contribution in [0.25, 0.3) is 0 Å². The molecule has 1 amide bonds. The molecule has 2 aromatic heterocycles. The Hall–Kier alpha value is -2.15. The number of likely N-dealkylation sites (tertiary alicyclic amines) is 1. The second kappa shape index (κ2) is 6.54. The van der Waals surface area contributed by atoms with Crippen LogP contribution in [0.3, 0.4) is 0 Å². The predicted octanol–water partition coefficient (Wildman–Crippen LogP) is 1.99. The summed E-state index contributed by atoms with van der Waals surface area (Å²) in [5, 5.41) is 4.55. The van der Waals surface area contributed by atoms with E-state index in [0.29, 0.717) is 12.5 Å². The fourth-order valence-electron chi connectivity index (χ4n) is 4.59. The number of aryl methyl sites for hydroxylation is 1. The molecule has 138 valence electrons. The first kappa shape index (κ1) is 16.1. The van der Waals surface area contributed by atoms with Crippen LogP contribution < -0.4 is 4.90 Å². The average Bonchev–Trinajstić information content (AvgIpc) is 3.42. The Morgan fingerprint density at radius 2 is 2.04 bits per heavy atom. The van der Waals surface area contributed by atoms with Crippen molar-refractivity contribution >= 4 is 11.6 Å². The van der Waals surface area contributed by atoms with Gasteiger partial charge in [-0.3, -0.25) is 14.4 Å². The molecule has 2 aromatic rings. The van der Waals surface area contributed by atoms with E-state index in [9.17, 15) is 4.79 Å². The third kappa shape index (κ3) is 2.84. The smallest absolute Gasteiger partial charge is 0.227 e. The Morgan fingerprint density at radius 3 is 2.92 bits per heavy atom. The molecular weight excluding hydrogens is 328 g/mol. The van der Waals surface area contributed by atoms with Crippen LogP contribution in [0, 0.1) is 0 Å². The van der Waals surface area contributed by atoms with Crippen LogP contribution in [-0.4, -0.2) is 49.8 Å². The van der Waals surface area contributed by atoms with E-state index in [1.165, 1.54) is 30.8 Å². The highest BCUT2D eigenvalue weighted by molar-refractivity contribution is 5.95. The van der Waals surface area contributed by atoms with Crippen molar-refractivity contribution in [2.75, 3.05) is 24.5 Å². The number of rotatable bonds is 4. The molecule has 3 aliphatic rings. The number of carbonyl (C=O) groups is 1. The molecule has 1 unspecified atom stereocenters. The minimum Gasteiger partial charge on any atom is -0.331 e. The van der Waals surface area contributed by atoms with Gasteiger partial charge in [-0.2, -0.15) is 5.10 Å². The molecule has 3 aliphatic heterocycles. The maximum absolute atomic E-state index is 11.9. The number of fused-ring (bicyclic) bond motifs is 1. The van der Waals surface area contributed by atoms with Crippen LogP contribution in [-0.2, 0) is 24.3 Å². The van der Waals surface area contributed by atoms with E-state index < -0.39 is 0 Å². The SMILES string of the molecule is O=C1CCCN1c1cnn(C2CCN(Cc3ncc4n3CCCC4)C2)c1. The summed E-state index contributed by atoms with van der Waals surface area (Å²) in [6.45, 7) is 4.94. The summed E-state index contributed by atoms with van der Waals surface area (Å²) in [6.07, 6.45) is 12.4. The number of imidazole rings is 1. The zero-order valence-electron chi connectivity index (χ0n) is 15.2. The van der Waals surface area contributed by atoms with Crippen molar-refractivity contribution in [3.8, 4) is 0 Å². The van der Waals surface area contributed by atoms with E-state index in [4.69, 9.17) is 0 Å². The summed E-state index contributed by atoms with van der Waals surface area (Å²) in [5.74, 6) is 1.44. The highest BCUT2D eigenvalue weighted by atomic mass is 16.2. The molecule has 0 spiro atoms. The first-order chi connectivity index (χ1) is 12.8. The van der Waals surface area contributed by atoms with Gasteiger partial charge in [0.05, 0.1) is 24.5 Å². The van der Waals surface area contributed by atoms with Crippen molar-refractivity contribution in [3.63, 3.8) is 0 Å². The summed E-state index contributed by atoms with van der Waals surface area (Å²) >= 11 is 0. The first-order valence-electron chi connectivity index (χ1n) is 9.88. The number of anilines is 1. The summed E-state index contributed by atoms with van der Waals surface area (Å²) in [7, 11) is 0. The summed E-state index contributed by atoms with van der Waals surface area (Å²) in [6, 6.07) is 0.386. The zero-order chi connectivity index (χ0) is 17.5. The van der Waals surface area contributed by atoms with Gasteiger partial charge in [0, 0.05) is 50.7 Å². The van der Waals surface area contributed by atoms with Crippen molar-refractivity contribution in [2.24, 2.45) is 0 Å². The minimum absolute atomic E-state index is 0.224. The van der Waals surface area contributed by atoms with Crippen LogP contribution in [0.1, 0.15) is 49.7 Å². The monoisotopic (exact) mass is 354 g/mol. The molecule has 0 radical (unpaired) electrons. The van der Waals surface area contributed by atoms with Gasteiger partial charge >= 0.3 is 0 Å². The van der Waals surface area contributed by atoms with Gasteiger partial charge in [-0.1, -0.05) is 0 Å². The predicted molar refractivity (Wildman–Crippen MR) is 97.9 cm³/mol. The number of aromatic nitrogens is 4. The Balaban J connectivity index is 1.24. The molecule has 0 aliphatic carbocycles. The van der Waals surface area contributed by atoms with Gasteiger partial charge in [-0.15, -0.1) is 0 Å². The van der Waals surface area contributed by atoms with E-state index in [0.717, 1.165) is 51.3 Å². The van der Waals surface area contributed by atoms with Crippen molar-refractivity contribution in [1.82, 2.24) is 24.2 Å². The Morgan fingerprint density at radius 1 is 1.08 bits per heavy atom. The third-order valence-electron chi connectivity index (χ3n) is 6.05. The van der Waals surface area contributed by atoms with Gasteiger partial charge in [-0.05, 0) is 32.1 Å². The van der Waals surface area contributed by atoms with Crippen LogP contribution in [0.2, 0.25) is 0 Å². The van der Waals surface area contributed by atoms with Crippen molar-refractivity contribution in [3.05, 3.63) is 30.1 Å². The molecule has 2 fully saturated rings. The Bertz CT molecular complexity index is 809. The summed E-state index contributed by atoms with van der Waals surface area (Å²) < 4.78 is 4.48. The molecule has 26 heavy (non-hydrogen) atoms. The van der Waals surface area contributed by atoms with E-state index in [-0.39, 0.29) is 5.91 Å². The van der Waals surface area contributed by atoms with E-state index in [1.54, 1.807) is 0 Å². The van der Waals surface area contributed by atoms with Crippen LogP contribution in [0.15, 0.2) is 18.6 Å². The Kier molecular flexibility index (Phi) is 4.04. The zero-order valence-corrected chi connectivity index (χ0v) is 15.2. The van der Waals surface area contributed by atoms with Gasteiger partial charge in [0.2, 0.25) is 5.91 Å². The summed E-state index contributed by atoms with van der Waals surface area (Å²) in [5.41, 5.74) is 2.35. The highest BCUT2D eigenvalue weighted by Gasteiger charge is 2.28. The topological polar surface area (TPSA) is 59.2 Å². The summed E-state index contributed by atoms with van der Waals surface area (Å²) in [4.78, 5) is 21.0. The van der Waals surface area contributed by atoms with Crippen molar-refractivity contribution < 1.29 is 4.79 Å². The molecule has 1 atom stereocenters. The molecular formula is C19H26N6O. The largest absolute Gasteiger partial charge is 0.331 e. The van der Waals surface area contributed by atoms with Gasteiger partial charge in [0.25, 0.3) is 0 Å². The highest BCUT2D eigenvalue weighted by Crippen LogP contribution is 2.27. The number of hydrogen-bond acceptors (Lipinski definition) is 4. The third-order valence-corrected chi connectivity index (χ3v) is 6.05. The molecule has 7 heteroatoms. The number of nitrogens with zero attached hydrogens (tertiary/aromatic N) is 6. The quantitative estimate of drug-likeness (QED) is 0.842. The van der Waals surface area contributed by atoms with Crippen LogP contribution >= 0.6 is 0 Å². The van der Waals surface area contributed by atoms with Gasteiger partial charge in [-0.25, -0.2) is 4.98 Å². The maximum atomic E-state index is 11.9. The maximum Gasteiger partial charge on any atom is 0.227 e. The van der Waals surface area contributed by atoms with Crippen molar-refractivity contribution in [2.45, 2.75) is 57.7 Å². The lowest BCUT2D eigenvalue weighted by molar-refractivity contribution is -0.117. The molecule has 0 bridgehead atoms. The fourth-order valence-corrected chi connectivity index (χ4v) is 4.59. The fraction of sp³-hybridized carbons (Fsp3) is 0.632. The number of carbonyl (C=O) groups excluding carboxylic acids is 1. The molecule has 0 aromatic carbocycles. The van der Waals surface area contributed by atoms with Gasteiger partial charge in [0.1, 0.15) is 5.82 Å². The lowest BCUT2D eigenvalue weighted by atomic mass is 10.1. The number of amides is 1. The lowest BCUT2D eigenvalue weighted by Crippen LogP contribution is -2.25. The molecule has 0 N–H and O–H groups in total. The average molecular weight is 354 g/mol. The lowest BCUT2D eigenvalue weighted by Gasteiger charge is -2.20. The molecule has 0 saturated carbocycles.